The summed E-state index contributed by atoms with van der Waals surface area (Å²) in [6, 6.07) is 13.9. The molecule has 0 aliphatic carbocycles. The lowest BCUT2D eigenvalue weighted by Gasteiger charge is -2.20. The number of rotatable bonds is 10. The van der Waals surface area contributed by atoms with Crippen molar-refractivity contribution in [2.45, 2.75) is 48.9 Å². The Labute approximate surface area is 173 Å². The zero-order valence-electron chi connectivity index (χ0n) is 15.9. The second-order valence-electron chi connectivity index (χ2n) is 6.33. The van der Waals surface area contributed by atoms with E-state index >= 15 is 0 Å². The molecule has 0 aliphatic rings. The number of nitrogens with zero attached hydrogens (tertiary/aromatic N) is 2. The summed E-state index contributed by atoms with van der Waals surface area (Å²) in [6.45, 7) is 4.57. The number of carbonyl (C=O) groups excluding carboxylic acids is 1. The third kappa shape index (κ3) is 5.84. The van der Waals surface area contributed by atoms with E-state index in [0.717, 1.165) is 28.5 Å². The second-order valence-corrected chi connectivity index (χ2v) is 8.89. The topological polar surface area (TPSA) is 80.0 Å². The molecular formula is C20H24N4O2S2. The number of hydrogen-bond donors (Lipinski definition) is 2. The van der Waals surface area contributed by atoms with Crippen molar-refractivity contribution in [3.63, 3.8) is 0 Å². The number of amides is 1. The Morgan fingerprint density at radius 2 is 2.04 bits per heavy atom. The van der Waals surface area contributed by atoms with Crippen LogP contribution in [0.25, 0.3) is 0 Å². The summed E-state index contributed by atoms with van der Waals surface area (Å²) in [7, 11) is 0. The predicted molar refractivity (Wildman–Crippen MR) is 113 cm³/mol. The van der Waals surface area contributed by atoms with Crippen LogP contribution in [0.3, 0.4) is 0 Å². The van der Waals surface area contributed by atoms with Crippen LogP contribution in [-0.4, -0.2) is 21.4 Å². The van der Waals surface area contributed by atoms with Crippen LogP contribution in [-0.2, 0) is 11.3 Å². The van der Waals surface area contributed by atoms with Crippen LogP contribution < -0.4 is 10.6 Å². The van der Waals surface area contributed by atoms with Crippen molar-refractivity contribution >= 4 is 34.1 Å². The minimum atomic E-state index is -0.256. The summed E-state index contributed by atoms with van der Waals surface area (Å²) < 4.78 is 6.05. The lowest BCUT2D eigenvalue weighted by molar-refractivity contribution is -0.121. The maximum absolute atomic E-state index is 12.7. The fourth-order valence-electron chi connectivity index (χ4n) is 2.69. The van der Waals surface area contributed by atoms with Crippen LogP contribution in [0.2, 0.25) is 0 Å². The lowest BCUT2D eigenvalue weighted by Crippen LogP contribution is -2.34. The fourth-order valence-corrected chi connectivity index (χ4v) is 4.60. The highest BCUT2D eigenvalue weighted by Gasteiger charge is 2.21. The molecule has 2 aromatic heterocycles. The fraction of sp³-hybridized carbons (Fsp3) is 0.350. The van der Waals surface area contributed by atoms with Crippen molar-refractivity contribution < 1.29 is 9.21 Å². The molecule has 0 fully saturated rings. The van der Waals surface area contributed by atoms with E-state index in [9.17, 15) is 4.79 Å². The molecule has 2 N–H and O–H groups in total. The molecule has 0 saturated heterocycles. The molecule has 1 aromatic carbocycles. The molecule has 0 bridgehead atoms. The predicted octanol–water partition coefficient (Wildman–Crippen LogP) is 4.88. The third-order valence-corrected chi connectivity index (χ3v) is 6.21. The summed E-state index contributed by atoms with van der Waals surface area (Å²) in [5, 5.41) is 15.1. The molecule has 0 spiro atoms. The van der Waals surface area contributed by atoms with Gasteiger partial charge in [-0.3, -0.25) is 4.79 Å². The average molecular weight is 417 g/mol. The zero-order chi connectivity index (χ0) is 19.8. The van der Waals surface area contributed by atoms with E-state index in [1.165, 1.54) is 23.1 Å². The molecule has 8 heteroatoms. The highest BCUT2D eigenvalue weighted by molar-refractivity contribution is 8.02. The van der Waals surface area contributed by atoms with Crippen molar-refractivity contribution in [1.82, 2.24) is 15.5 Å². The van der Waals surface area contributed by atoms with Gasteiger partial charge in [0, 0.05) is 0 Å². The molecular weight excluding hydrogens is 392 g/mol. The Bertz CT molecular complexity index is 852. The maximum Gasteiger partial charge on any atom is 0.233 e. The van der Waals surface area contributed by atoms with Crippen molar-refractivity contribution in [2.75, 3.05) is 5.32 Å². The molecule has 0 unspecified atom stereocenters. The number of carbonyl (C=O) groups is 1. The smallest absolute Gasteiger partial charge is 0.233 e. The Balaban J connectivity index is 1.53. The van der Waals surface area contributed by atoms with Gasteiger partial charge in [-0.25, -0.2) is 0 Å². The van der Waals surface area contributed by atoms with Crippen LogP contribution >= 0.6 is 23.1 Å². The Hall–Kier alpha value is -2.32. The number of anilines is 1. The first-order valence-electron chi connectivity index (χ1n) is 9.27. The monoisotopic (exact) mass is 416 g/mol. The second kappa shape index (κ2) is 10.3. The van der Waals surface area contributed by atoms with Gasteiger partial charge in [0.2, 0.25) is 11.0 Å². The lowest BCUT2D eigenvalue weighted by atomic mass is 10.0. The molecule has 28 heavy (non-hydrogen) atoms. The summed E-state index contributed by atoms with van der Waals surface area (Å²) >= 11 is 2.85. The first kappa shape index (κ1) is 20.4. The van der Waals surface area contributed by atoms with Crippen molar-refractivity contribution in [3.8, 4) is 0 Å². The molecule has 148 valence electrons. The van der Waals surface area contributed by atoms with Gasteiger partial charge in [0.05, 0.1) is 24.1 Å². The van der Waals surface area contributed by atoms with Crippen LogP contribution in [0.1, 0.15) is 44.1 Å². The Kier molecular flexibility index (Phi) is 7.50. The molecule has 0 radical (unpaired) electrons. The largest absolute Gasteiger partial charge is 0.467 e. The van der Waals surface area contributed by atoms with Crippen molar-refractivity contribution in [2.24, 2.45) is 0 Å². The normalized spacial score (nSPS) is 13.1. The van der Waals surface area contributed by atoms with Crippen molar-refractivity contribution in [1.29, 1.82) is 0 Å². The molecule has 2 heterocycles. The summed E-state index contributed by atoms with van der Waals surface area (Å²) in [5.74, 6) is 0.840. The van der Waals surface area contributed by atoms with E-state index in [-0.39, 0.29) is 17.2 Å². The number of benzene rings is 1. The molecule has 6 nitrogen and oxygen atoms in total. The minimum Gasteiger partial charge on any atom is -0.467 e. The number of aromatic nitrogens is 2. The quantitative estimate of drug-likeness (QED) is 0.459. The number of hydrogen-bond acceptors (Lipinski definition) is 7. The summed E-state index contributed by atoms with van der Waals surface area (Å²) in [6.07, 6.45) is 3.55. The highest BCUT2D eigenvalue weighted by atomic mass is 32.2. The van der Waals surface area contributed by atoms with Crippen LogP contribution in [0.4, 0.5) is 5.13 Å². The van der Waals surface area contributed by atoms with E-state index in [1.807, 2.05) is 37.3 Å². The molecule has 3 rings (SSSR count). The van der Waals surface area contributed by atoms with Gasteiger partial charge in [-0.15, -0.1) is 10.2 Å². The van der Waals surface area contributed by atoms with Gasteiger partial charge < -0.3 is 15.1 Å². The van der Waals surface area contributed by atoms with E-state index in [2.05, 4.69) is 39.9 Å². The van der Waals surface area contributed by atoms with Crippen LogP contribution in [0.5, 0.6) is 0 Å². The first-order chi connectivity index (χ1) is 13.7. The van der Waals surface area contributed by atoms with E-state index < -0.39 is 0 Å². The summed E-state index contributed by atoms with van der Waals surface area (Å²) in [5.41, 5.74) is 1.13. The molecule has 0 saturated carbocycles. The van der Waals surface area contributed by atoms with Crippen LogP contribution in [0, 0.1) is 0 Å². The van der Waals surface area contributed by atoms with Gasteiger partial charge in [-0.1, -0.05) is 66.8 Å². The van der Waals surface area contributed by atoms with E-state index in [0.29, 0.717) is 11.7 Å². The maximum atomic E-state index is 12.7. The van der Waals surface area contributed by atoms with Gasteiger partial charge in [0.25, 0.3) is 0 Å². The van der Waals surface area contributed by atoms with Gasteiger partial charge in [-0.2, -0.15) is 0 Å². The number of furan rings is 1. The van der Waals surface area contributed by atoms with Gasteiger partial charge >= 0.3 is 0 Å². The molecule has 1 amide bonds. The van der Waals surface area contributed by atoms with Gasteiger partial charge in [-0.05, 0) is 31.0 Å². The Morgan fingerprint density at radius 3 is 2.75 bits per heavy atom. The van der Waals surface area contributed by atoms with E-state index in [4.69, 9.17) is 4.42 Å². The molecule has 3 aromatic rings. The highest BCUT2D eigenvalue weighted by Crippen LogP contribution is 2.30. The SMILES string of the molecule is CCC[C@H](NC(=O)[C@H](C)Sc1nnc(NCc2ccco2)s1)c1ccccc1. The number of nitrogens with one attached hydrogen (secondary N) is 2. The molecule has 0 aliphatic heterocycles. The van der Waals surface area contributed by atoms with Gasteiger partial charge in [0.1, 0.15) is 5.76 Å². The standard InChI is InChI=1S/C20H24N4O2S2/c1-3-8-17(15-9-5-4-6-10-15)22-18(25)14(2)27-20-24-23-19(28-20)21-13-16-11-7-12-26-16/h4-7,9-12,14,17H,3,8,13H2,1-2H3,(H,21,23)(H,22,25)/t14-,17-/m0/s1. The zero-order valence-corrected chi connectivity index (χ0v) is 17.6. The number of thioether (sulfide) groups is 1. The summed E-state index contributed by atoms with van der Waals surface area (Å²) in [4.78, 5) is 12.7. The first-order valence-corrected chi connectivity index (χ1v) is 11.0. The van der Waals surface area contributed by atoms with E-state index in [1.54, 1.807) is 6.26 Å². The average Bonchev–Trinajstić information content (AvgIpc) is 3.38. The minimum absolute atomic E-state index is 0.00704. The molecule has 2 atom stereocenters. The van der Waals surface area contributed by atoms with Crippen molar-refractivity contribution in [3.05, 3.63) is 60.1 Å². The van der Waals surface area contributed by atoms with Crippen LogP contribution in [0.15, 0.2) is 57.5 Å². The Morgan fingerprint density at radius 1 is 1.21 bits per heavy atom. The van der Waals surface area contributed by atoms with Gasteiger partial charge in [0.15, 0.2) is 4.34 Å². The third-order valence-electron chi connectivity index (χ3n) is 4.14.